The van der Waals surface area contributed by atoms with E-state index in [2.05, 4.69) is 10.3 Å². The smallest absolute Gasteiger partial charge is 0.269 e. The molecule has 0 bridgehead atoms. The van der Waals surface area contributed by atoms with Crippen molar-refractivity contribution < 1.29 is 4.92 Å². The van der Waals surface area contributed by atoms with Gasteiger partial charge in [-0.3, -0.25) is 15.1 Å². The van der Waals surface area contributed by atoms with Gasteiger partial charge in [-0.2, -0.15) is 0 Å². The average Bonchev–Trinajstić information content (AvgIpc) is 2.45. The first-order valence-electron chi connectivity index (χ1n) is 6.61. The van der Waals surface area contributed by atoms with E-state index >= 15 is 0 Å². The highest BCUT2D eigenvalue weighted by Gasteiger charge is 2.03. The second-order valence-corrected chi connectivity index (χ2v) is 4.14. The van der Waals surface area contributed by atoms with E-state index in [0.29, 0.717) is 19.0 Å². The maximum atomic E-state index is 10.5. The van der Waals surface area contributed by atoms with Gasteiger partial charge in [-0.05, 0) is 26.0 Å². The lowest BCUT2D eigenvalue weighted by Gasteiger charge is -2.19. The molecule has 0 aliphatic heterocycles. The molecular formula is C13H21N5O2. The normalized spacial score (nSPS) is 11.2. The molecule has 0 aliphatic rings. The Morgan fingerprint density at radius 2 is 1.95 bits per heavy atom. The van der Waals surface area contributed by atoms with Crippen LogP contribution in [0.25, 0.3) is 0 Å². The lowest BCUT2D eigenvalue weighted by Crippen LogP contribution is -2.37. The quantitative estimate of drug-likeness (QED) is 0.260. The van der Waals surface area contributed by atoms with Crippen molar-refractivity contribution in [3.8, 4) is 0 Å². The number of benzene rings is 1. The highest BCUT2D eigenvalue weighted by atomic mass is 16.6. The summed E-state index contributed by atoms with van der Waals surface area (Å²) in [6, 6.07) is 6.29. The van der Waals surface area contributed by atoms with E-state index in [9.17, 15) is 10.1 Å². The van der Waals surface area contributed by atoms with Gasteiger partial charge in [0.15, 0.2) is 5.96 Å². The van der Waals surface area contributed by atoms with E-state index in [0.717, 1.165) is 18.8 Å². The van der Waals surface area contributed by atoms with Gasteiger partial charge in [0.1, 0.15) is 0 Å². The minimum absolute atomic E-state index is 0.0827. The molecule has 0 unspecified atom stereocenters. The Bertz CT molecular complexity index is 454. The molecule has 3 N–H and O–H groups in total. The van der Waals surface area contributed by atoms with Crippen molar-refractivity contribution in [3.05, 3.63) is 34.4 Å². The summed E-state index contributed by atoms with van der Waals surface area (Å²) in [5.74, 6) is 0.542. The van der Waals surface area contributed by atoms with Crippen LogP contribution in [0.3, 0.4) is 0 Å². The second kappa shape index (κ2) is 7.98. The molecule has 7 nitrogen and oxygen atoms in total. The molecule has 1 aromatic carbocycles. The molecule has 7 heteroatoms. The topological polar surface area (TPSA) is 96.8 Å². The molecule has 20 heavy (non-hydrogen) atoms. The number of non-ortho nitro benzene ring substituents is 1. The number of nitrogens with zero attached hydrogens (tertiary/aromatic N) is 3. The van der Waals surface area contributed by atoms with Gasteiger partial charge in [-0.25, -0.2) is 0 Å². The van der Waals surface area contributed by atoms with E-state index in [1.54, 1.807) is 12.1 Å². The molecule has 0 saturated carbocycles. The molecule has 0 heterocycles. The molecule has 110 valence electrons. The van der Waals surface area contributed by atoms with Crippen LogP contribution in [0.2, 0.25) is 0 Å². The molecule has 1 aromatic rings. The van der Waals surface area contributed by atoms with E-state index in [1.807, 2.05) is 18.7 Å². The number of nitrogens with two attached hydrogens (primary N) is 1. The number of nitro benzene ring substituents is 1. The first-order valence-corrected chi connectivity index (χ1v) is 6.61. The van der Waals surface area contributed by atoms with Crippen molar-refractivity contribution in [1.29, 1.82) is 0 Å². The van der Waals surface area contributed by atoms with E-state index in [1.165, 1.54) is 12.1 Å². The van der Waals surface area contributed by atoms with Crippen LogP contribution in [0, 0.1) is 10.1 Å². The van der Waals surface area contributed by atoms with Gasteiger partial charge in [0.25, 0.3) is 5.69 Å². The van der Waals surface area contributed by atoms with Crippen LogP contribution in [0.5, 0.6) is 0 Å². The van der Waals surface area contributed by atoms with Crippen LogP contribution in [0.4, 0.5) is 11.4 Å². The summed E-state index contributed by atoms with van der Waals surface area (Å²) >= 11 is 0. The summed E-state index contributed by atoms with van der Waals surface area (Å²) in [5, 5.41) is 13.7. The lowest BCUT2D eigenvalue weighted by molar-refractivity contribution is -0.384. The Morgan fingerprint density at radius 3 is 2.45 bits per heavy atom. The van der Waals surface area contributed by atoms with Gasteiger partial charge >= 0.3 is 0 Å². The fraction of sp³-hybridized carbons (Fsp3) is 0.462. The zero-order valence-electron chi connectivity index (χ0n) is 11.9. The molecule has 0 atom stereocenters. The molecule has 0 radical (unpaired) electrons. The van der Waals surface area contributed by atoms with Crippen LogP contribution in [0.1, 0.15) is 13.8 Å². The zero-order valence-corrected chi connectivity index (χ0v) is 11.9. The number of nitrogens with one attached hydrogen (secondary N) is 1. The van der Waals surface area contributed by atoms with E-state index in [-0.39, 0.29) is 5.69 Å². The molecule has 0 amide bonds. The number of nitro groups is 1. The third-order valence-corrected chi connectivity index (χ3v) is 2.88. The number of hydrogen-bond acceptors (Lipinski definition) is 4. The number of anilines is 1. The predicted molar refractivity (Wildman–Crippen MR) is 81.0 cm³/mol. The summed E-state index contributed by atoms with van der Waals surface area (Å²) in [6.07, 6.45) is 0. The molecule has 0 fully saturated rings. The summed E-state index contributed by atoms with van der Waals surface area (Å²) in [5.41, 5.74) is 6.75. The average molecular weight is 279 g/mol. The standard InChI is InChI=1S/C13H21N5O2/c1-3-17(4-2)13(14)16-10-9-15-11-5-7-12(8-6-11)18(19)20/h5-8,15H,3-4,9-10H2,1-2H3,(H2,14,16). The Labute approximate surface area is 118 Å². The molecule has 0 aliphatic carbocycles. The highest BCUT2D eigenvalue weighted by molar-refractivity contribution is 5.78. The Hall–Kier alpha value is -2.31. The SMILES string of the molecule is CCN(CC)C(N)=NCCNc1ccc([N+](=O)[O-])cc1. The maximum absolute atomic E-state index is 10.5. The van der Waals surface area contributed by atoms with Crippen LogP contribution < -0.4 is 11.1 Å². The fourth-order valence-corrected chi connectivity index (χ4v) is 1.72. The third kappa shape index (κ3) is 4.75. The van der Waals surface area contributed by atoms with Crippen molar-refractivity contribution in [2.45, 2.75) is 13.8 Å². The molecule has 0 saturated heterocycles. The van der Waals surface area contributed by atoms with Gasteiger partial charge in [-0.1, -0.05) is 0 Å². The lowest BCUT2D eigenvalue weighted by atomic mass is 10.3. The van der Waals surface area contributed by atoms with Gasteiger partial charge in [0.2, 0.25) is 0 Å². The van der Waals surface area contributed by atoms with Crippen molar-refractivity contribution >= 4 is 17.3 Å². The Morgan fingerprint density at radius 1 is 1.35 bits per heavy atom. The predicted octanol–water partition coefficient (Wildman–Crippen LogP) is 1.66. The number of guanidine groups is 1. The summed E-state index contributed by atoms with van der Waals surface area (Å²) in [7, 11) is 0. The van der Waals surface area contributed by atoms with Gasteiger partial charge in [0, 0.05) is 37.5 Å². The molecule has 1 rings (SSSR count). The minimum atomic E-state index is -0.418. The van der Waals surface area contributed by atoms with Gasteiger partial charge < -0.3 is 16.0 Å². The molecule has 0 spiro atoms. The van der Waals surface area contributed by atoms with Crippen LogP contribution in [-0.4, -0.2) is 42.0 Å². The summed E-state index contributed by atoms with van der Waals surface area (Å²) in [6.45, 7) is 6.91. The van der Waals surface area contributed by atoms with Crippen molar-refractivity contribution in [2.75, 3.05) is 31.5 Å². The third-order valence-electron chi connectivity index (χ3n) is 2.88. The van der Waals surface area contributed by atoms with E-state index < -0.39 is 4.92 Å². The first-order chi connectivity index (χ1) is 9.58. The number of aliphatic imine (C=N–C) groups is 1. The zero-order chi connectivity index (χ0) is 15.0. The first kappa shape index (κ1) is 15.7. The number of rotatable bonds is 7. The van der Waals surface area contributed by atoms with Crippen molar-refractivity contribution in [2.24, 2.45) is 10.7 Å². The van der Waals surface area contributed by atoms with Crippen LogP contribution in [0.15, 0.2) is 29.3 Å². The maximum Gasteiger partial charge on any atom is 0.269 e. The second-order valence-electron chi connectivity index (χ2n) is 4.14. The van der Waals surface area contributed by atoms with Crippen molar-refractivity contribution in [1.82, 2.24) is 4.90 Å². The summed E-state index contributed by atoms with van der Waals surface area (Å²) in [4.78, 5) is 16.4. The summed E-state index contributed by atoms with van der Waals surface area (Å²) < 4.78 is 0. The molecule has 0 aromatic heterocycles. The fourth-order valence-electron chi connectivity index (χ4n) is 1.72. The van der Waals surface area contributed by atoms with Crippen molar-refractivity contribution in [3.63, 3.8) is 0 Å². The van der Waals surface area contributed by atoms with E-state index in [4.69, 9.17) is 5.73 Å². The highest BCUT2D eigenvalue weighted by Crippen LogP contribution is 2.14. The Balaban J connectivity index is 2.41. The monoisotopic (exact) mass is 279 g/mol. The van der Waals surface area contributed by atoms with Gasteiger partial charge in [-0.15, -0.1) is 0 Å². The number of hydrogen-bond donors (Lipinski definition) is 2. The van der Waals surface area contributed by atoms with Gasteiger partial charge in [0.05, 0.1) is 11.5 Å². The van der Waals surface area contributed by atoms with Crippen LogP contribution >= 0.6 is 0 Å². The minimum Gasteiger partial charge on any atom is -0.383 e. The van der Waals surface area contributed by atoms with Crippen LogP contribution in [-0.2, 0) is 0 Å². The largest absolute Gasteiger partial charge is 0.383 e. The Kier molecular flexibility index (Phi) is 6.28. The molecular weight excluding hydrogens is 258 g/mol.